The molecule has 0 fully saturated rings. The summed E-state index contributed by atoms with van der Waals surface area (Å²) in [6.07, 6.45) is 1.53. The summed E-state index contributed by atoms with van der Waals surface area (Å²) in [4.78, 5) is 4.47. The van der Waals surface area contributed by atoms with E-state index < -0.39 is 0 Å². The molecule has 4 heteroatoms. The smallest absolute Gasteiger partial charge is 0.116 e. The lowest BCUT2D eigenvalue weighted by Gasteiger charge is -1.92. The monoisotopic (exact) mass is 169 g/mol. The highest BCUT2D eigenvalue weighted by Gasteiger charge is 1.88. The van der Waals surface area contributed by atoms with Crippen LogP contribution in [0.2, 0.25) is 0 Å². The number of hydrogen-bond donors (Lipinski definition) is 1. The number of phenolic OH excluding ortho intramolecular Hbond substituents is 1. The van der Waals surface area contributed by atoms with Crippen molar-refractivity contribution in [1.82, 2.24) is 0 Å². The Morgan fingerprint density at radius 2 is 2.25 bits per heavy atom. The SMILES string of the molecule is CON=Cc1cccc(O)c1.O. The maximum absolute atomic E-state index is 9.01. The molecule has 0 aromatic heterocycles. The van der Waals surface area contributed by atoms with Crippen molar-refractivity contribution in [3.8, 4) is 5.75 Å². The standard InChI is InChI=1S/C8H9NO2.H2O/c1-11-9-6-7-3-2-4-8(10)5-7;/h2-6,10H,1H3;1H2. The van der Waals surface area contributed by atoms with E-state index in [2.05, 4.69) is 9.99 Å². The van der Waals surface area contributed by atoms with E-state index in [0.29, 0.717) is 0 Å². The molecule has 0 atom stereocenters. The summed E-state index contributed by atoms with van der Waals surface area (Å²) in [5.41, 5.74) is 0.812. The van der Waals surface area contributed by atoms with Crippen LogP contribution in [0.3, 0.4) is 0 Å². The minimum absolute atomic E-state index is 0. The number of phenols is 1. The van der Waals surface area contributed by atoms with Crippen molar-refractivity contribution in [3.05, 3.63) is 29.8 Å². The Morgan fingerprint density at radius 3 is 2.83 bits per heavy atom. The van der Waals surface area contributed by atoms with Gasteiger partial charge in [-0.25, -0.2) is 0 Å². The van der Waals surface area contributed by atoms with Crippen LogP contribution in [0.25, 0.3) is 0 Å². The molecule has 0 radical (unpaired) electrons. The van der Waals surface area contributed by atoms with E-state index in [1.54, 1.807) is 18.2 Å². The van der Waals surface area contributed by atoms with Crippen LogP contribution in [0, 0.1) is 0 Å². The van der Waals surface area contributed by atoms with Gasteiger partial charge in [-0.1, -0.05) is 17.3 Å². The molecule has 0 aliphatic heterocycles. The predicted octanol–water partition coefficient (Wildman–Crippen LogP) is 0.548. The summed E-state index contributed by atoms with van der Waals surface area (Å²) >= 11 is 0. The first-order chi connectivity index (χ1) is 5.33. The van der Waals surface area contributed by atoms with Crippen LogP contribution in [-0.2, 0) is 4.84 Å². The van der Waals surface area contributed by atoms with Gasteiger partial charge in [-0.05, 0) is 17.7 Å². The summed E-state index contributed by atoms with van der Waals surface area (Å²) < 4.78 is 0. The Morgan fingerprint density at radius 1 is 1.50 bits per heavy atom. The molecule has 1 aromatic rings. The van der Waals surface area contributed by atoms with E-state index >= 15 is 0 Å². The zero-order valence-corrected chi connectivity index (χ0v) is 6.69. The minimum atomic E-state index is 0. The molecule has 1 rings (SSSR count). The van der Waals surface area contributed by atoms with Crippen LogP contribution in [0.4, 0.5) is 0 Å². The highest BCUT2D eigenvalue weighted by molar-refractivity contribution is 5.79. The molecule has 0 amide bonds. The fraction of sp³-hybridized carbons (Fsp3) is 0.125. The molecule has 0 unspecified atom stereocenters. The number of oxime groups is 1. The summed E-state index contributed by atoms with van der Waals surface area (Å²) in [6.45, 7) is 0. The average molecular weight is 169 g/mol. The Balaban J connectivity index is 0.00000121. The summed E-state index contributed by atoms with van der Waals surface area (Å²) in [7, 11) is 1.47. The number of hydrogen-bond acceptors (Lipinski definition) is 3. The van der Waals surface area contributed by atoms with Crippen molar-refractivity contribution >= 4 is 6.21 Å². The average Bonchev–Trinajstić information content (AvgIpc) is 2.01. The third-order valence-electron chi connectivity index (χ3n) is 1.18. The van der Waals surface area contributed by atoms with Gasteiger partial charge in [-0.15, -0.1) is 0 Å². The van der Waals surface area contributed by atoms with Crippen LogP contribution >= 0.6 is 0 Å². The first kappa shape index (κ1) is 10.4. The Labute approximate surface area is 70.4 Å². The minimum Gasteiger partial charge on any atom is -0.508 e. The van der Waals surface area contributed by atoms with Crippen LogP contribution in [-0.4, -0.2) is 23.9 Å². The quantitative estimate of drug-likeness (QED) is 0.518. The molecule has 66 valence electrons. The molecular weight excluding hydrogens is 158 g/mol. The van der Waals surface area contributed by atoms with Gasteiger partial charge in [0.15, 0.2) is 0 Å². The molecule has 0 saturated carbocycles. The third-order valence-corrected chi connectivity index (χ3v) is 1.18. The Hall–Kier alpha value is -1.55. The zero-order valence-electron chi connectivity index (χ0n) is 6.69. The Kier molecular flexibility index (Phi) is 4.48. The first-order valence-corrected chi connectivity index (χ1v) is 3.18. The summed E-state index contributed by atoms with van der Waals surface area (Å²) in [5, 5.41) is 12.6. The van der Waals surface area contributed by atoms with E-state index in [1.165, 1.54) is 13.3 Å². The highest BCUT2D eigenvalue weighted by Crippen LogP contribution is 2.08. The maximum Gasteiger partial charge on any atom is 0.116 e. The normalized spacial score (nSPS) is 9.42. The molecule has 0 spiro atoms. The van der Waals surface area contributed by atoms with Crippen LogP contribution in [0.15, 0.2) is 29.4 Å². The van der Waals surface area contributed by atoms with Crippen molar-refractivity contribution in [2.24, 2.45) is 5.16 Å². The van der Waals surface area contributed by atoms with Crippen molar-refractivity contribution in [1.29, 1.82) is 0 Å². The van der Waals surface area contributed by atoms with Gasteiger partial charge >= 0.3 is 0 Å². The van der Waals surface area contributed by atoms with Gasteiger partial charge in [0.05, 0.1) is 6.21 Å². The third kappa shape index (κ3) is 3.03. The second-order valence-corrected chi connectivity index (χ2v) is 2.01. The van der Waals surface area contributed by atoms with E-state index in [-0.39, 0.29) is 11.2 Å². The summed E-state index contributed by atoms with van der Waals surface area (Å²) in [5.74, 6) is 0.227. The molecule has 3 N–H and O–H groups in total. The van der Waals surface area contributed by atoms with Gasteiger partial charge in [0.1, 0.15) is 12.9 Å². The van der Waals surface area contributed by atoms with Crippen molar-refractivity contribution in [2.45, 2.75) is 0 Å². The van der Waals surface area contributed by atoms with Crippen LogP contribution < -0.4 is 0 Å². The Bertz CT molecular complexity index is 260. The topological polar surface area (TPSA) is 73.3 Å². The lowest BCUT2D eigenvalue weighted by Crippen LogP contribution is -1.80. The lowest BCUT2D eigenvalue weighted by molar-refractivity contribution is 0.215. The van der Waals surface area contributed by atoms with Gasteiger partial charge in [-0.3, -0.25) is 0 Å². The fourth-order valence-corrected chi connectivity index (χ4v) is 0.719. The molecule has 0 saturated heterocycles. The molecule has 1 aromatic carbocycles. The molecule has 0 aliphatic carbocycles. The van der Waals surface area contributed by atoms with Crippen molar-refractivity contribution in [2.75, 3.05) is 7.11 Å². The van der Waals surface area contributed by atoms with E-state index in [9.17, 15) is 0 Å². The molecule has 0 heterocycles. The second kappa shape index (κ2) is 5.15. The van der Waals surface area contributed by atoms with Gasteiger partial charge in [0.25, 0.3) is 0 Å². The van der Waals surface area contributed by atoms with Crippen molar-refractivity contribution in [3.63, 3.8) is 0 Å². The van der Waals surface area contributed by atoms with Gasteiger partial charge in [0.2, 0.25) is 0 Å². The van der Waals surface area contributed by atoms with Gasteiger partial charge < -0.3 is 15.4 Å². The maximum atomic E-state index is 9.01. The van der Waals surface area contributed by atoms with Crippen LogP contribution in [0.5, 0.6) is 5.75 Å². The van der Waals surface area contributed by atoms with E-state index in [4.69, 9.17) is 5.11 Å². The van der Waals surface area contributed by atoms with Gasteiger partial charge in [-0.2, -0.15) is 0 Å². The molecule has 12 heavy (non-hydrogen) atoms. The van der Waals surface area contributed by atoms with Gasteiger partial charge in [0, 0.05) is 0 Å². The molecule has 0 bridgehead atoms. The fourth-order valence-electron chi connectivity index (χ4n) is 0.719. The van der Waals surface area contributed by atoms with Crippen LogP contribution in [0.1, 0.15) is 5.56 Å². The number of aromatic hydroxyl groups is 1. The first-order valence-electron chi connectivity index (χ1n) is 3.18. The number of benzene rings is 1. The molecule has 4 nitrogen and oxygen atoms in total. The summed E-state index contributed by atoms with van der Waals surface area (Å²) in [6, 6.07) is 6.77. The van der Waals surface area contributed by atoms with E-state index in [0.717, 1.165) is 5.56 Å². The zero-order chi connectivity index (χ0) is 8.10. The molecular formula is C8H11NO3. The number of nitrogens with zero attached hydrogens (tertiary/aromatic N) is 1. The van der Waals surface area contributed by atoms with E-state index in [1.807, 2.05) is 6.07 Å². The molecule has 0 aliphatic rings. The second-order valence-electron chi connectivity index (χ2n) is 2.01. The lowest BCUT2D eigenvalue weighted by atomic mass is 10.2. The van der Waals surface area contributed by atoms with Crippen molar-refractivity contribution < 1.29 is 15.4 Å². The number of rotatable bonds is 2. The predicted molar refractivity (Wildman–Crippen MR) is 46.3 cm³/mol. The highest BCUT2D eigenvalue weighted by atomic mass is 16.6. The largest absolute Gasteiger partial charge is 0.508 e.